The van der Waals surface area contributed by atoms with E-state index in [0.29, 0.717) is 0 Å². The van der Waals surface area contributed by atoms with Gasteiger partial charge in [0.25, 0.3) is 0 Å². The molecule has 0 radical (unpaired) electrons. The van der Waals surface area contributed by atoms with E-state index in [9.17, 15) is 5.11 Å². The van der Waals surface area contributed by atoms with Crippen molar-refractivity contribution in [2.75, 3.05) is 32.9 Å². The third-order valence-corrected chi connectivity index (χ3v) is 4.28. The number of hydrogen-bond acceptors (Lipinski definition) is 4. The van der Waals surface area contributed by atoms with Crippen LogP contribution in [0.15, 0.2) is 30.3 Å². The van der Waals surface area contributed by atoms with E-state index in [1.165, 1.54) is 0 Å². The molecule has 1 aliphatic rings. The Bertz CT molecular complexity index is 422. The topological polar surface area (TPSA) is 58.7 Å². The Balaban J connectivity index is 2.04. The lowest BCUT2D eigenvalue weighted by molar-refractivity contribution is -0.0544. The fraction of sp³-hybridized carbons (Fsp3) is 0.625. The van der Waals surface area contributed by atoms with Gasteiger partial charge in [-0.05, 0) is 25.8 Å². The number of morpholine rings is 1. The molecule has 1 aromatic carbocycles. The summed E-state index contributed by atoms with van der Waals surface area (Å²) in [5.74, 6) is 0. The van der Waals surface area contributed by atoms with Crippen molar-refractivity contribution in [3.63, 3.8) is 0 Å². The van der Waals surface area contributed by atoms with Crippen molar-refractivity contribution < 1.29 is 9.84 Å². The van der Waals surface area contributed by atoms with Crippen molar-refractivity contribution in [2.45, 2.75) is 31.3 Å². The van der Waals surface area contributed by atoms with Crippen LogP contribution in [-0.4, -0.2) is 48.5 Å². The summed E-state index contributed by atoms with van der Waals surface area (Å²) >= 11 is 0. The van der Waals surface area contributed by atoms with Gasteiger partial charge in [-0.3, -0.25) is 4.90 Å². The predicted octanol–water partition coefficient (Wildman–Crippen LogP) is 1.33. The second-order valence-corrected chi connectivity index (χ2v) is 6.28. The van der Waals surface area contributed by atoms with Gasteiger partial charge in [0, 0.05) is 18.6 Å². The second kappa shape index (κ2) is 6.22. The maximum atomic E-state index is 9.73. The van der Waals surface area contributed by atoms with E-state index in [1.807, 2.05) is 30.3 Å². The van der Waals surface area contributed by atoms with Crippen LogP contribution >= 0.6 is 0 Å². The molecule has 0 amide bonds. The summed E-state index contributed by atoms with van der Waals surface area (Å²) in [6.45, 7) is 7.63. The number of nitrogens with two attached hydrogens (primary N) is 1. The number of aliphatic hydroxyl groups excluding tert-OH is 1. The molecule has 1 fully saturated rings. The van der Waals surface area contributed by atoms with Crippen molar-refractivity contribution >= 4 is 0 Å². The van der Waals surface area contributed by atoms with Crippen LogP contribution in [0.1, 0.15) is 25.8 Å². The minimum absolute atomic E-state index is 0.0330. The zero-order chi connectivity index (χ0) is 14.6. The lowest BCUT2D eigenvalue weighted by atomic mass is 9.87. The summed E-state index contributed by atoms with van der Waals surface area (Å²) in [7, 11) is 0. The molecule has 0 bridgehead atoms. The van der Waals surface area contributed by atoms with E-state index in [1.54, 1.807) is 0 Å². The predicted molar refractivity (Wildman–Crippen MR) is 80.5 cm³/mol. The molecule has 1 heterocycles. The van der Waals surface area contributed by atoms with Crippen LogP contribution in [-0.2, 0) is 10.3 Å². The summed E-state index contributed by atoms with van der Waals surface area (Å²) in [4.78, 5) is 2.40. The average molecular weight is 278 g/mol. The van der Waals surface area contributed by atoms with E-state index in [4.69, 9.17) is 10.5 Å². The maximum absolute atomic E-state index is 9.73. The number of benzene rings is 1. The van der Waals surface area contributed by atoms with Crippen molar-refractivity contribution in [1.82, 2.24) is 4.90 Å². The van der Waals surface area contributed by atoms with Crippen molar-refractivity contribution in [2.24, 2.45) is 5.73 Å². The first kappa shape index (κ1) is 15.4. The molecular formula is C16H26N2O2. The fourth-order valence-corrected chi connectivity index (χ4v) is 2.72. The molecule has 1 atom stereocenters. The van der Waals surface area contributed by atoms with Crippen LogP contribution in [0, 0.1) is 0 Å². The Morgan fingerprint density at radius 2 is 2.05 bits per heavy atom. The molecule has 4 nitrogen and oxygen atoms in total. The van der Waals surface area contributed by atoms with Crippen LogP contribution in [0.2, 0.25) is 0 Å². The normalized spacial score (nSPS) is 22.4. The van der Waals surface area contributed by atoms with E-state index in [0.717, 1.165) is 38.3 Å². The van der Waals surface area contributed by atoms with Crippen LogP contribution in [0.3, 0.4) is 0 Å². The van der Waals surface area contributed by atoms with Crippen LogP contribution in [0.5, 0.6) is 0 Å². The Morgan fingerprint density at radius 1 is 1.35 bits per heavy atom. The second-order valence-electron chi connectivity index (χ2n) is 6.28. The van der Waals surface area contributed by atoms with E-state index in [-0.39, 0.29) is 12.1 Å². The summed E-state index contributed by atoms with van der Waals surface area (Å²) < 4.78 is 5.54. The summed E-state index contributed by atoms with van der Waals surface area (Å²) in [5, 5.41) is 9.73. The van der Waals surface area contributed by atoms with Gasteiger partial charge < -0.3 is 15.6 Å². The van der Waals surface area contributed by atoms with E-state index in [2.05, 4.69) is 18.7 Å². The molecular weight excluding hydrogens is 252 g/mol. The molecule has 0 saturated carbocycles. The molecule has 0 aliphatic carbocycles. The quantitative estimate of drug-likeness (QED) is 0.853. The highest BCUT2D eigenvalue weighted by molar-refractivity contribution is 5.24. The number of ether oxygens (including phenoxy) is 1. The molecule has 1 aromatic rings. The third kappa shape index (κ3) is 3.38. The Labute approximate surface area is 121 Å². The van der Waals surface area contributed by atoms with Gasteiger partial charge in [0.1, 0.15) is 0 Å². The molecule has 3 N–H and O–H groups in total. The van der Waals surface area contributed by atoms with Gasteiger partial charge >= 0.3 is 0 Å². The highest BCUT2D eigenvalue weighted by Crippen LogP contribution is 2.25. The number of nitrogens with zero attached hydrogens (tertiary/aromatic N) is 1. The minimum Gasteiger partial charge on any atom is -0.394 e. The van der Waals surface area contributed by atoms with Gasteiger partial charge in [-0.2, -0.15) is 0 Å². The molecule has 1 saturated heterocycles. The summed E-state index contributed by atoms with van der Waals surface area (Å²) in [6, 6.07) is 9.87. The van der Waals surface area contributed by atoms with Gasteiger partial charge in [-0.25, -0.2) is 0 Å². The standard InChI is InChI=1S/C16H26N2O2/c1-15(2)13-20-11-10-18(15)9-8-16(17,12-19)14-6-4-3-5-7-14/h3-7,19H,8-13,17H2,1-2H3. The van der Waals surface area contributed by atoms with E-state index < -0.39 is 5.54 Å². The largest absolute Gasteiger partial charge is 0.394 e. The first-order valence-corrected chi connectivity index (χ1v) is 7.26. The van der Waals surface area contributed by atoms with Gasteiger partial charge in [-0.15, -0.1) is 0 Å². The fourth-order valence-electron chi connectivity index (χ4n) is 2.72. The summed E-state index contributed by atoms with van der Waals surface area (Å²) in [5.41, 5.74) is 6.77. The molecule has 0 aromatic heterocycles. The van der Waals surface area contributed by atoms with Gasteiger partial charge in [-0.1, -0.05) is 30.3 Å². The Morgan fingerprint density at radius 3 is 2.65 bits per heavy atom. The van der Waals surface area contributed by atoms with Crippen LogP contribution in [0.25, 0.3) is 0 Å². The molecule has 20 heavy (non-hydrogen) atoms. The summed E-state index contributed by atoms with van der Waals surface area (Å²) in [6.07, 6.45) is 0.733. The molecule has 1 unspecified atom stereocenters. The monoisotopic (exact) mass is 278 g/mol. The Hall–Kier alpha value is -0.940. The molecule has 0 spiro atoms. The zero-order valence-electron chi connectivity index (χ0n) is 12.5. The highest BCUT2D eigenvalue weighted by Gasteiger charge is 2.33. The van der Waals surface area contributed by atoms with Crippen molar-refractivity contribution in [3.8, 4) is 0 Å². The van der Waals surface area contributed by atoms with Gasteiger partial charge in [0.15, 0.2) is 0 Å². The zero-order valence-corrected chi connectivity index (χ0v) is 12.5. The van der Waals surface area contributed by atoms with Gasteiger partial charge in [0.05, 0.1) is 25.4 Å². The smallest absolute Gasteiger partial charge is 0.0656 e. The number of aliphatic hydroxyl groups is 1. The molecule has 112 valence electrons. The van der Waals surface area contributed by atoms with Crippen LogP contribution < -0.4 is 5.73 Å². The highest BCUT2D eigenvalue weighted by atomic mass is 16.5. The molecule has 4 heteroatoms. The van der Waals surface area contributed by atoms with Crippen molar-refractivity contribution in [1.29, 1.82) is 0 Å². The average Bonchev–Trinajstić information content (AvgIpc) is 2.46. The SMILES string of the molecule is CC1(C)COCCN1CCC(N)(CO)c1ccccc1. The van der Waals surface area contributed by atoms with Crippen LogP contribution in [0.4, 0.5) is 0 Å². The minimum atomic E-state index is -0.671. The Kier molecular flexibility index (Phi) is 4.81. The first-order valence-electron chi connectivity index (χ1n) is 7.26. The van der Waals surface area contributed by atoms with Crippen molar-refractivity contribution in [3.05, 3.63) is 35.9 Å². The van der Waals surface area contributed by atoms with E-state index >= 15 is 0 Å². The number of rotatable bonds is 5. The molecule has 1 aliphatic heterocycles. The third-order valence-electron chi connectivity index (χ3n) is 4.28. The lowest BCUT2D eigenvalue weighted by Crippen LogP contribution is -2.55. The first-order chi connectivity index (χ1) is 9.48. The maximum Gasteiger partial charge on any atom is 0.0656 e. The number of hydrogen-bond donors (Lipinski definition) is 2. The lowest BCUT2D eigenvalue weighted by Gasteiger charge is -2.43. The molecule has 2 rings (SSSR count). The van der Waals surface area contributed by atoms with Gasteiger partial charge in [0.2, 0.25) is 0 Å².